The average molecular weight is 285 g/mol. The maximum atomic E-state index is 11.8. The molecule has 0 spiro atoms. The number of carbonyl (C=O) groups is 1. The Morgan fingerprint density at radius 2 is 1.84 bits per heavy atom. The van der Waals surface area contributed by atoms with E-state index in [1.165, 1.54) is 30.9 Å². The zero-order valence-corrected chi connectivity index (χ0v) is 13.0. The van der Waals surface area contributed by atoms with Gasteiger partial charge in [0.2, 0.25) is 0 Å². The molecule has 0 saturated carbocycles. The smallest absolute Gasteiger partial charge is 0.319 e. The summed E-state index contributed by atoms with van der Waals surface area (Å²) in [5, 5.41) is 3.72. The second-order valence-electron chi connectivity index (χ2n) is 5.90. The molecule has 5 heteroatoms. The van der Waals surface area contributed by atoms with Crippen molar-refractivity contribution in [1.82, 2.24) is 15.1 Å². The number of urea groups is 1. The van der Waals surface area contributed by atoms with E-state index < -0.39 is 0 Å². The van der Waals surface area contributed by atoms with Crippen LogP contribution in [0, 0.1) is 5.92 Å². The van der Waals surface area contributed by atoms with E-state index in [0.29, 0.717) is 6.04 Å². The van der Waals surface area contributed by atoms with E-state index >= 15 is 0 Å². The van der Waals surface area contributed by atoms with E-state index in [9.17, 15) is 4.79 Å². The van der Waals surface area contributed by atoms with Crippen LogP contribution in [0.15, 0.2) is 0 Å². The van der Waals surface area contributed by atoms with Gasteiger partial charge in [-0.15, -0.1) is 0 Å². The van der Waals surface area contributed by atoms with Crippen molar-refractivity contribution in [3.8, 4) is 0 Å². The Balaban J connectivity index is 1.64. The number of hydrogen-bond acceptors (Lipinski definition) is 3. The lowest BCUT2D eigenvalue weighted by molar-refractivity contribution is 0.151. The van der Waals surface area contributed by atoms with Crippen molar-refractivity contribution in [3.05, 3.63) is 0 Å². The molecule has 0 atom stereocenters. The van der Waals surface area contributed by atoms with Crippen molar-refractivity contribution < 1.29 is 4.79 Å². The number of piperidine rings is 1. The summed E-state index contributed by atoms with van der Waals surface area (Å²) in [7, 11) is 3.65. The normalized spacial score (nSPS) is 22.5. The number of likely N-dealkylation sites (tertiary alicyclic amines) is 1. The van der Waals surface area contributed by atoms with Crippen molar-refractivity contribution >= 4 is 17.8 Å². The van der Waals surface area contributed by atoms with E-state index in [2.05, 4.69) is 17.1 Å². The van der Waals surface area contributed by atoms with Crippen LogP contribution in [0.1, 0.15) is 25.7 Å². The highest BCUT2D eigenvalue weighted by molar-refractivity contribution is 7.99. The predicted molar refractivity (Wildman–Crippen MR) is 81.7 cm³/mol. The molecule has 4 nitrogen and oxygen atoms in total. The molecule has 0 bridgehead atoms. The third kappa shape index (κ3) is 4.56. The van der Waals surface area contributed by atoms with Crippen molar-refractivity contribution in [1.29, 1.82) is 0 Å². The number of carbonyl (C=O) groups excluding carboxylic acids is 1. The Morgan fingerprint density at radius 1 is 1.21 bits per heavy atom. The van der Waals surface area contributed by atoms with Gasteiger partial charge in [0.15, 0.2) is 0 Å². The molecule has 0 aromatic heterocycles. The summed E-state index contributed by atoms with van der Waals surface area (Å²) in [5.41, 5.74) is 0. The third-order valence-electron chi connectivity index (χ3n) is 4.18. The van der Waals surface area contributed by atoms with Crippen LogP contribution in [0.5, 0.6) is 0 Å². The Kier molecular flexibility index (Phi) is 5.82. The number of nitrogens with zero attached hydrogens (tertiary/aromatic N) is 2. The highest BCUT2D eigenvalue weighted by Crippen LogP contribution is 2.22. The Bertz CT molecular complexity index is 284. The summed E-state index contributed by atoms with van der Waals surface area (Å²) >= 11 is 2.09. The van der Waals surface area contributed by atoms with Crippen molar-refractivity contribution in [2.24, 2.45) is 5.92 Å². The molecule has 0 radical (unpaired) electrons. The van der Waals surface area contributed by atoms with Crippen molar-refractivity contribution in [2.45, 2.75) is 31.7 Å². The quantitative estimate of drug-likeness (QED) is 0.860. The van der Waals surface area contributed by atoms with E-state index in [1.807, 2.05) is 19.0 Å². The highest BCUT2D eigenvalue weighted by atomic mass is 32.2. The molecule has 2 aliphatic rings. The Morgan fingerprint density at radius 3 is 2.42 bits per heavy atom. The van der Waals surface area contributed by atoms with Crippen LogP contribution in [0.4, 0.5) is 4.79 Å². The zero-order valence-electron chi connectivity index (χ0n) is 12.2. The fourth-order valence-electron chi connectivity index (χ4n) is 2.84. The second kappa shape index (κ2) is 7.39. The molecular weight excluding hydrogens is 258 g/mol. The summed E-state index contributed by atoms with van der Waals surface area (Å²) < 4.78 is 0. The van der Waals surface area contributed by atoms with Crippen LogP contribution in [0.2, 0.25) is 0 Å². The standard InChI is InChI=1S/C14H27N3OS/c1-16(2)14(18)17-7-3-13(4-8-17)15-11-12-5-9-19-10-6-12/h12-13,15H,3-11H2,1-2H3. The summed E-state index contributed by atoms with van der Waals surface area (Å²) in [5.74, 6) is 3.55. The van der Waals surface area contributed by atoms with E-state index in [0.717, 1.165) is 31.8 Å². The minimum absolute atomic E-state index is 0.155. The molecule has 2 heterocycles. The Labute approximate surface area is 121 Å². The van der Waals surface area contributed by atoms with Gasteiger partial charge in [0.1, 0.15) is 0 Å². The SMILES string of the molecule is CN(C)C(=O)N1CCC(NCC2CCSCC2)CC1. The van der Waals surface area contributed by atoms with Gasteiger partial charge in [0, 0.05) is 33.2 Å². The molecule has 0 aromatic carbocycles. The second-order valence-corrected chi connectivity index (χ2v) is 7.13. The van der Waals surface area contributed by atoms with Gasteiger partial charge in [0.25, 0.3) is 0 Å². The molecular formula is C14H27N3OS. The van der Waals surface area contributed by atoms with Gasteiger partial charge in [-0.3, -0.25) is 0 Å². The molecule has 19 heavy (non-hydrogen) atoms. The number of thioether (sulfide) groups is 1. The predicted octanol–water partition coefficient (Wildman–Crippen LogP) is 1.87. The lowest BCUT2D eigenvalue weighted by Crippen LogP contribution is -2.48. The number of hydrogen-bond donors (Lipinski definition) is 1. The van der Waals surface area contributed by atoms with E-state index in [4.69, 9.17) is 0 Å². The van der Waals surface area contributed by atoms with Crippen LogP contribution in [0.25, 0.3) is 0 Å². The first-order valence-electron chi connectivity index (χ1n) is 7.44. The van der Waals surface area contributed by atoms with Gasteiger partial charge in [-0.05, 0) is 49.7 Å². The largest absolute Gasteiger partial charge is 0.331 e. The summed E-state index contributed by atoms with van der Waals surface area (Å²) in [6, 6.07) is 0.767. The number of rotatable bonds is 3. The fourth-order valence-corrected chi connectivity index (χ4v) is 4.05. The molecule has 110 valence electrons. The molecule has 2 fully saturated rings. The van der Waals surface area contributed by atoms with Gasteiger partial charge in [-0.1, -0.05) is 0 Å². The van der Waals surface area contributed by atoms with E-state index in [-0.39, 0.29) is 6.03 Å². The van der Waals surface area contributed by atoms with E-state index in [1.54, 1.807) is 4.90 Å². The third-order valence-corrected chi connectivity index (χ3v) is 5.23. The maximum Gasteiger partial charge on any atom is 0.319 e. The number of nitrogens with one attached hydrogen (secondary N) is 1. The first-order valence-corrected chi connectivity index (χ1v) is 8.59. The number of amides is 2. The molecule has 2 saturated heterocycles. The van der Waals surface area contributed by atoms with Gasteiger partial charge in [-0.2, -0.15) is 11.8 Å². The topological polar surface area (TPSA) is 35.6 Å². The molecule has 0 aliphatic carbocycles. The van der Waals surface area contributed by atoms with Gasteiger partial charge in [0.05, 0.1) is 0 Å². The van der Waals surface area contributed by atoms with Gasteiger partial charge in [-0.25, -0.2) is 4.79 Å². The molecule has 0 unspecified atom stereocenters. The minimum Gasteiger partial charge on any atom is -0.331 e. The van der Waals surface area contributed by atoms with Crippen LogP contribution in [-0.4, -0.2) is 67.1 Å². The first-order chi connectivity index (χ1) is 9.16. The molecule has 0 aromatic rings. The lowest BCUT2D eigenvalue weighted by Gasteiger charge is -2.35. The van der Waals surface area contributed by atoms with Crippen LogP contribution in [-0.2, 0) is 0 Å². The monoisotopic (exact) mass is 285 g/mol. The van der Waals surface area contributed by atoms with Crippen LogP contribution < -0.4 is 5.32 Å². The van der Waals surface area contributed by atoms with Gasteiger partial charge < -0.3 is 15.1 Å². The lowest BCUT2D eigenvalue weighted by atomic mass is 10.0. The Hall–Kier alpha value is -0.420. The van der Waals surface area contributed by atoms with Crippen LogP contribution in [0.3, 0.4) is 0 Å². The highest BCUT2D eigenvalue weighted by Gasteiger charge is 2.24. The van der Waals surface area contributed by atoms with Crippen LogP contribution >= 0.6 is 11.8 Å². The first kappa shape index (κ1) is 15.0. The summed E-state index contributed by atoms with van der Waals surface area (Å²) in [6.45, 7) is 2.97. The van der Waals surface area contributed by atoms with Crippen molar-refractivity contribution in [3.63, 3.8) is 0 Å². The molecule has 2 aliphatic heterocycles. The summed E-state index contributed by atoms with van der Waals surface area (Å²) in [6.07, 6.45) is 4.94. The average Bonchev–Trinajstić information content (AvgIpc) is 2.46. The molecule has 1 N–H and O–H groups in total. The minimum atomic E-state index is 0.155. The zero-order chi connectivity index (χ0) is 13.7. The fraction of sp³-hybridized carbons (Fsp3) is 0.929. The molecule has 2 amide bonds. The van der Waals surface area contributed by atoms with Gasteiger partial charge >= 0.3 is 6.03 Å². The van der Waals surface area contributed by atoms with Crippen molar-refractivity contribution in [2.75, 3.05) is 45.2 Å². The molecule has 2 rings (SSSR count). The maximum absolute atomic E-state index is 11.8. The summed E-state index contributed by atoms with van der Waals surface area (Å²) in [4.78, 5) is 15.5.